The van der Waals surface area contributed by atoms with E-state index in [0.717, 1.165) is 25.9 Å². The molecule has 1 saturated carbocycles. The van der Waals surface area contributed by atoms with Gasteiger partial charge in [-0.05, 0) is 39.7 Å². The fourth-order valence-corrected chi connectivity index (χ4v) is 4.05. The van der Waals surface area contributed by atoms with E-state index in [0.29, 0.717) is 12.8 Å². The Bertz CT molecular complexity index is 481. The second-order valence-corrected chi connectivity index (χ2v) is 7.58. The summed E-state index contributed by atoms with van der Waals surface area (Å²) in [5.74, 6) is -0.587. The average Bonchev–Trinajstić information content (AvgIpc) is 2.72. The molecule has 3 rings (SSSR count). The number of likely N-dealkylation sites (tertiary alicyclic amines) is 1. The third kappa shape index (κ3) is 1.79. The summed E-state index contributed by atoms with van der Waals surface area (Å²) in [6.07, 6.45) is 2.92. The lowest BCUT2D eigenvalue weighted by atomic mass is 9.66. The smallest absolute Gasteiger partial charge is 0.351 e. The maximum atomic E-state index is 12.8. The molecule has 2 heterocycles. The zero-order valence-corrected chi connectivity index (χ0v) is 13.4. The van der Waals surface area contributed by atoms with Gasteiger partial charge in [-0.25, -0.2) is 4.79 Å². The predicted octanol–water partition coefficient (Wildman–Crippen LogP) is 1.75. The molecular weight excluding hydrogens is 270 g/mol. The Kier molecular flexibility index (Phi) is 3.14. The van der Waals surface area contributed by atoms with Crippen LogP contribution in [0.15, 0.2) is 0 Å². The van der Waals surface area contributed by atoms with Crippen molar-refractivity contribution in [2.45, 2.75) is 58.2 Å². The topological polar surface area (TPSA) is 55.8 Å². The molecule has 0 N–H and O–H groups in total. The summed E-state index contributed by atoms with van der Waals surface area (Å²) in [5.41, 5.74) is -2.17. The van der Waals surface area contributed by atoms with Crippen LogP contribution in [0, 0.1) is 10.8 Å². The van der Waals surface area contributed by atoms with E-state index >= 15 is 0 Å². The second-order valence-electron chi connectivity index (χ2n) is 7.58. The summed E-state index contributed by atoms with van der Waals surface area (Å²) in [6.45, 7) is 7.70. The van der Waals surface area contributed by atoms with Crippen molar-refractivity contribution >= 4 is 11.9 Å². The molecule has 0 aromatic heterocycles. The van der Waals surface area contributed by atoms with Crippen LogP contribution in [0.25, 0.3) is 0 Å². The molecule has 2 aliphatic heterocycles. The van der Waals surface area contributed by atoms with E-state index in [1.165, 1.54) is 0 Å². The minimum atomic E-state index is -1.08. The highest BCUT2D eigenvalue weighted by molar-refractivity contribution is 5.93. The average molecular weight is 295 g/mol. The van der Waals surface area contributed by atoms with Crippen LogP contribution in [0.5, 0.6) is 0 Å². The SMILES string of the molecule is CN1CCC(OC(=O)[C@]23CC[C@@](C)(C(=O)O2)C3(C)C)CC1. The fourth-order valence-electron chi connectivity index (χ4n) is 4.05. The summed E-state index contributed by atoms with van der Waals surface area (Å²) in [5, 5.41) is 0. The maximum absolute atomic E-state index is 12.8. The van der Waals surface area contributed by atoms with Gasteiger partial charge in [0.1, 0.15) is 6.10 Å². The Morgan fingerprint density at radius 1 is 1.24 bits per heavy atom. The zero-order valence-electron chi connectivity index (χ0n) is 13.4. The number of carbonyl (C=O) groups excluding carboxylic acids is 2. The highest BCUT2D eigenvalue weighted by atomic mass is 16.6. The molecule has 0 aromatic rings. The monoisotopic (exact) mass is 295 g/mol. The summed E-state index contributed by atoms with van der Waals surface area (Å²) in [6, 6.07) is 0. The molecule has 1 aliphatic carbocycles. The predicted molar refractivity (Wildman–Crippen MR) is 76.6 cm³/mol. The number of esters is 2. The number of nitrogens with zero attached hydrogens (tertiary/aromatic N) is 1. The molecule has 5 heteroatoms. The quantitative estimate of drug-likeness (QED) is 0.726. The third-order valence-corrected chi connectivity index (χ3v) is 6.35. The van der Waals surface area contributed by atoms with Crippen molar-refractivity contribution in [3.63, 3.8) is 0 Å². The fraction of sp³-hybridized carbons (Fsp3) is 0.875. The number of ether oxygens (including phenoxy) is 2. The number of fused-ring (bicyclic) bond motifs is 2. The first kappa shape index (κ1) is 14.8. The van der Waals surface area contributed by atoms with Crippen LogP contribution in [-0.4, -0.2) is 48.7 Å². The van der Waals surface area contributed by atoms with Crippen molar-refractivity contribution in [2.75, 3.05) is 20.1 Å². The Hall–Kier alpha value is -1.10. The lowest BCUT2D eigenvalue weighted by molar-refractivity contribution is -0.188. The Labute approximate surface area is 126 Å². The van der Waals surface area contributed by atoms with E-state index in [1.54, 1.807) is 0 Å². The van der Waals surface area contributed by atoms with Crippen LogP contribution >= 0.6 is 0 Å². The van der Waals surface area contributed by atoms with Crippen molar-refractivity contribution in [1.29, 1.82) is 0 Å². The van der Waals surface area contributed by atoms with Gasteiger partial charge < -0.3 is 14.4 Å². The zero-order chi connectivity index (χ0) is 15.5. The number of rotatable bonds is 2. The Morgan fingerprint density at radius 3 is 2.33 bits per heavy atom. The number of piperidine rings is 1. The maximum Gasteiger partial charge on any atom is 0.351 e. The summed E-state index contributed by atoms with van der Waals surface area (Å²) < 4.78 is 11.3. The minimum Gasteiger partial charge on any atom is -0.459 e. The van der Waals surface area contributed by atoms with Crippen molar-refractivity contribution in [2.24, 2.45) is 10.8 Å². The van der Waals surface area contributed by atoms with Crippen LogP contribution in [0.2, 0.25) is 0 Å². The van der Waals surface area contributed by atoms with Gasteiger partial charge in [0.2, 0.25) is 5.60 Å². The van der Waals surface area contributed by atoms with Crippen LogP contribution < -0.4 is 0 Å². The largest absolute Gasteiger partial charge is 0.459 e. The molecular formula is C16H25NO4. The summed E-state index contributed by atoms with van der Waals surface area (Å²) in [7, 11) is 2.07. The van der Waals surface area contributed by atoms with Crippen LogP contribution in [0.1, 0.15) is 46.5 Å². The minimum absolute atomic E-state index is 0.0509. The molecule has 0 aromatic carbocycles. The molecule has 21 heavy (non-hydrogen) atoms. The number of hydrogen-bond acceptors (Lipinski definition) is 5. The lowest BCUT2D eigenvalue weighted by Gasteiger charge is -2.36. The van der Waals surface area contributed by atoms with Gasteiger partial charge in [0.25, 0.3) is 0 Å². The lowest BCUT2D eigenvalue weighted by Crippen LogP contribution is -2.50. The first-order valence-corrected chi connectivity index (χ1v) is 7.86. The molecule has 2 saturated heterocycles. The van der Waals surface area contributed by atoms with Crippen LogP contribution in [0.4, 0.5) is 0 Å². The normalized spacial score (nSPS) is 39.3. The van der Waals surface area contributed by atoms with E-state index in [9.17, 15) is 9.59 Å². The van der Waals surface area contributed by atoms with Crippen molar-refractivity contribution < 1.29 is 19.1 Å². The van der Waals surface area contributed by atoms with Crippen LogP contribution in [-0.2, 0) is 19.1 Å². The molecule has 0 unspecified atom stereocenters. The van der Waals surface area contributed by atoms with Gasteiger partial charge in [-0.3, -0.25) is 4.79 Å². The Balaban J connectivity index is 1.77. The molecule has 0 radical (unpaired) electrons. The molecule has 3 aliphatic rings. The van der Waals surface area contributed by atoms with Gasteiger partial charge in [-0.15, -0.1) is 0 Å². The molecule has 5 nitrogen and oxygen atoms in total. The molecule has 2 atom stereocenters. The third-order valence-electron chi connectivity index (χ3n) is 6.35. The van der Waals surface area contributed by atoms with E-state index in [-0.39, 0.29) is 18.0 Å². The van der Waals surface area contributed by atoms with Gasteiger partial charge in [0.05, 0.1) is 5.41 Å². The first-order chi connectivity index (χ1) is 9.73. The van der Waals surface area contributed by atoms with Crippen molar-refractivity contribution in [3.8, 4) is 0 Å². The number of carbonyl (C=O) groups is 2. The van der Waals surface area contributed by atoms with Gasteiger partial charge in [-0.1, -0.05) is 13.8 Å². The first-order valence-electron chi connectivity index (χ1n) is 7.86. The highest BCUT2D eigenvalue weighted by Crippen LogP contribution is 2.65. The van der Waals surface area contributed by atoms with Crippen molar-refractivity contribution in [3.05, 3.63) is 0 Å². The van der Waals surface area contributed by atoms with Gasteiger partial charge in [-0.2, -0.15) is 0 Å². The molecule has 0 amide bonds. The van der Waals surface area contributed by atoms with E-state index in [2.05, 4.69) is 11.9 Å². The molecule has 118 valence electrons. The van der Waals surface area contributed by atoms with Gasteiger partial charge in [0.15, 0.2) is 0 Å². The Morgan fingerprint density at radius 2 is 1.86 bits per heavy atom. The molecule has 0 spiro atoms. The standard InChI is InChI=1S/C16H25NO4/c1-14(2)15(3)7-8-16(14,21-12(15)18)13(19)20-11-5-9-17(4)10-6-11/h11H,5-10H2,1-4H3/t15-,16-/m0/s1. The van der Waals surface area contributed by atoms with E-state index in [4.69, 9.17) is 9.47 Å². The van der Waals surface area contributed by atoms with Gasteiger partial charge in [0, 0.05) is 18.5 Å². The van der Waals surface area contributed by atoms with Crippen LogP contribution in [0.3, 0.4) is 0 Å². The summed E-state index contributed by atoms with van der Waals surface area (Å²) >= 11 is 0. The summed E-state index contributed by atoms with van der Waals surface area (Å²) in [4.78, 5) is 27.2. The molecule has 3 fully saturated rings. The van der Waals surface area contributed by atoms with E-state index < -0.39 is 16.4 Å². The van der Waals surface area contributed by atoms with Gasteiger partial charge >= 0.3 is 11.9 Å². The second kappa shape index (κ2) is 4.45. The van der Waals surface area contributed by atoms with Crippen molar-refractivity contribution in [1.82, 2.24) is 4.90 Å². The molecule has 2 bridgehead atoms. The highest BCUT2D eigenvalue weighted by Gasteiger charge is 2.76. The van der Waals surface area contributed by atoms with E-state index in [1.807, 2.05) is 20.8 Å². The number of hydrogen-bond donors (Lipinski definition) is 0.